The molecule has 0 N–H and O–H groups in total. The van der Waals surface area contributed by atoms with Crippen molar-refractivity contribution in [1.82, 2.24) is 4.98 Å². The van der Waals surface area contributed by atoms with E-state index >= 15 is 0 Å². The number of alkyl halides is 3. The van der Waals surface area contributed by atoms with Crippen molar-refractivity contribution in [1.29, 1.82) is 0 Å². The highest BCUT2D eigenvalue weighted by molar-refractivity contribution is 5.42. The fraction of sp³-hybridized carbons (Fsp3) is 0.312. The van der Waals surface area contributed by atoms with Gasteiger partial charge in [0.2, 0.25) is 0 Å². The maximum Gasteiger partial charge on any atom is 0.416 e. The largest absolute Gasteiger partial charge is 0.416 e. The molecular weight excluding hydrogens is 305 g/mol. The van der Waals surface area contributed by atoms with Crippen LogP contribution in [0.15, 0.2) is 47.7 Å². The van der Waals surface area contributed by atoms with Crippen LogP contribution in [-0.2, 0) is 18.1 Å². The molecule has 1 atom stereocenters. The van der Waals surface area contributed by atoms with Gasteiger partial charge in [0.1, 0.15) is 5.54 Å². The zero-order valence-electron chi connectivity index (χ0n) is 12.1. The summed E-state index contributed by atoms with van der Waals surface area (Å²) >= 11 is 0. The Morgan fingerprint density at radius 2 is 1.91 bits per heavy atom. The Bertz CT molecular complexity index is 764. The third-order valence-corrected chi connectivity index (χ3v) is 4.17. The van der Waals surface area contributed by atoms with Crippen LogP contribution in [0.2, 0.25) is 0 Å². The predicted molar refractivity (Wildman–Crippen MR) is 78.5 cm³/mol. The number of pyridine rings is 1. The lowest BCUT2D eigenvalue weighted by Crippen LogP contribution is -2.31. The molecule has 3 rings (SSSR count). The average molecular weight is 318 g/mol. The molecule has 0 saturated carbocycles. The molecule has 1 aliphatic carbocycles. The molecule has 0 saturated heterocycles. The smallest absolute Gasteiger partial charge is 0.260 e. The second-order valence-corrected chi connectivity index (χ2v) is 5.49. The van der Waals surface area contributed by atoms with Gasteiger partial charge in [-0.25, -0.2) is 0 Å². The maximum atomic E-state index is 12.8. The minimum absolute atomic E-state index is 0.520. The van der Waals surface area contributed by atoms with E-state index in [0.29, 0.717) is 17.7 Å². The van der Waals surface area contributed by atoms with E-state index in [2.05, 4.69) is 15.0 Å². The molecule has 0 bridgehead atoms. The van der Waals surface area contributed by atoms with Gasteiger partial charge in [0.15, 0.2) is 0 Å². The number of halogens is 3. The number of hydrogen-bond donors (Lipinski definition) is 0. The third-order valence-electron chi connectivity index (χ3n) is 4.17. The first-order valence-electron chi connectivity index (χ1n) is 7.16. The first kappa shape index (κ1) is 15.4. The van der Waals surface area contributed by atoms with Crippen LogP contribution in [-0.4, -0.2) is 4.98 Å². The molecule has 0 aliphatic heterocycles. The van der Waals surface area contributed by atoms with Crippen LogP contribution in [0.4, 0.5) is 13.2 Å². The Morgan fingerprint density at radius 3 is 2.57 bits per heavy atom. The summed E-state index contributed by atoms with van der Waals surface area (Å²) in [6.07, 6.45) is -0.680. The van der Waals surface area contributed by atoms with Crippen LogP contribution in [0, 0.1) is 0 Å². The fourth-order valence-electron chi connectivity index (χ4n) is 3.11. The molecule has 0 amide bonds. The van der Waals surface area contributed by atoms with Crippen molar-refractivity contribution in [3.05, 3.63) is 75.4 Å². The first-order chi connectivity index (χ1) is 11.0. The van der Waals surface area contributed by atoms with Crippen molar-refractivity contribution >= 4 is 0 Å². The van der Waals surface area contributed by atoms with E-state index in [0.717, 1.165) is 30.5 Å². The molecule has 7 heteroatoms. The molecule has 1 heterocycles. The number of aromatic nitrogens is 1. The lowest BCUT2D eigenvalue weighted by molar-refractivity contribution is -0.137. The van der Waals surface area contributed by atoms with Gasteiger partial charge < -0.3 is 0 Å². The summed E-state index contributed by atoms with van der Waals surface area (Å²) in [4.78, 5) is 7.29. The Kier molecular flexibility index (Phi) is 3.74. The first-order valence-corrected chi connectivity index (χ1v) is 7.16. The molecule has 4 nitrogen and oxygen atoms in total. The highest BCUT2D eigenvalue weighted by atomic mass is 19.4. The van der Waals surface area contributed by atoms with Crippen molar-refractivity contribution < 1.29 is 13.2 Å². The SMILES string of the molecule is [N-]=[N+]=NC1(c2ccc(C(F)(F)F)cc2)CCCc2cccnc21. The zero-order chi connectivity index (χ0) is 16.5. The normalized spacial score (nSPS) is 20.5. The highest BCUT2D eigenvalue weighted by Crippen LogP contribution is 2.43. The van der Waals surface area contributed by atoms with Gasteiger partial charge in [-0.3, -0.25) is 4.98 Å². The van der Waals surface area contributed by atoms with Gasteiger partial charge in [-0.2, -0.15) is 13.2 Å². The van der Waals surface area contributed by atoms with Crippen molar-refractivity contribution in [2.45, 2.75) is 31.0 Å². The van der Waals surface area contributed by atoms with Crippen molar-refractivity contribution in [2.24, 2.45) is 5.11 Å². The molecule has 2 aromatic rings. The van der Waals surface area contributed by atoms with E-state index in [9.17, 15) is 13.2 Å². The van der Waals surface area contributed by atoms with Crippen LogP contribution in [0.25, 0.3) is 10.4 Å². The molecule has 1 aromatic carbocycles. The number of hydrogen-bond acceptors (Lipinski definition) is 2. The van der Waals surface area contributed by atoms with Crippen LogP contribution in [0.1, 0.15) is 35.2 Å². The maximum absolute atomic E-state index is 12.8. The lowest BCUT2D eigenvalue weighted by Gasteiger charge is -2.34. The topological polar surface area (TPSA) is 61.7 Å². The Hall–Kier alpha value is -2.53. The van der Waals surface area contributed by atoms with Gasteiger partial charge in [-0.1, -0.05) is 23.3 Å². The molecule has 23 heavy (non-hydrogen) atoms. The van der Waals surface area contributed by atoms with Gasteiger partial charge in [-0.15, -0.1) is 0 Å². The van der Waals surface area contributed by atoms with Crippen molar-refractivity contribution in [3.63, 3.8) is 0 Å². The molecule has 118 valence electrons. The molecule has 0 spiro atoms. The van der Waals surface area contributed by atoms with E-state index < -0.39 is 17.3 Å². The van der Waals surface area contributed by atoms with Gasteiger partial charge in [0.25, 0.3) is 0 Å². The summed E-state index contributed by atoms with van der Waals surface area (Å²) in [5, 5.41) is 3.96. The number of azide groups is 1. The summed E-state index contributed by atoms with van der Waals surface area (Å²) in [5.74, 6) is 0. The van der Waals surface area contributed by atoms with E-state index in [1.807, 2.05) is 6.07 Å². The quantitative estimate of drug-likeness (QED) is 0.437. The monoisotopic (exact) mass is 318 g/mol. The molecule has 0 radical (unpaired) electrons. The van der Waals surface area contributed by atoms with Crippen LogP contribution in [0.5, 0.6) is 0 Å². The van der Waals surface area contributed by atoms with E-state index in [1.54, 1.807) is 12.3 Å². The second-order valence-electron chi connectivity index (χ2n) is 5.49. The number of benzene rings is 1. The predicted octanol–water partition coefficient (Wildman–Crippen LogP) is 4.99. The van der Waals surface area contributed by atoms with Crippen LogP contribution >= 0.6 is 0 Å². The number of fused-ring (bicyclic) bond motifs is 1. The fourth-order valence-corrected chi connectivity index (χ4v) is 3.11. The minimum Gasteiger partial charge on any atom is -0.260 e. The third kappa shape index (κ3) is 2.64. The van der Waals surface area contributed by atoms with Gasteiger partial charge in [0.05, 0.1) is 11.3 Å². The van der Waals surface area contributed by atoms with E-state index in [-0.39, 0.29) is 0 Å². The van der Waals surface area contributed by atoms with Crippen molar-refractivity contribution in [3.8, 4) is 0 Å². The van der Waals surface area contributed by atoms with Crippen LogP contribution < -0.4 is 0 Å². The molecular formula is C16H13F3N4. The number of rotatable bonds is 2. The van der Waals surface area contributed by atoms with Gasteiger partial charge in [-0.05, 0) is 54.1 Å². The Balaban J connectivity index is 2.16. The van der Waals surface area contributed by atoms with Gasteiger partial charge in [0, 0.05) is 11.1 Å². The van der Waals surface area contributed by atoms with Crippen LogP contribution in [0.3, 0.4) is 0 Å². The standard InChI is InChI=1S/C16H13F3N4/c17-16(18,19)13-7-5-12(6-8-13)15(22-23-20)9-1-3-11-4-2-10-21-14(11)15/h2,4-8,10H,1,3,9H2. The molecule has 1 aromatic heterocycles. The highest BCUT2D eigenvalue weighted by Gasteiger charge is 2.39. The van der Waals surface area contributed by atoms with E-state index in [1.165, 1.54) is 12.1 Å². The van der Waals surface area contributed by atoms with Gasteiger partial charge >= 0.3 is 6.18 Å². The zero-order valence-corrected chi connectivity index (χ0v) is 12.1. The molecule has 1 unspecified atom stereocenters. The summed E-state index contributed by atoms with van der Waals surface area (Å²) in [6.45, 7) is 0. The summed E-state index contributed by atoms with van der Waals surface area (Å²) in [6, 6.07) is 8.50. The average Bonchev–Trinajstić information content (AvgIpc) is 2.55. The van der Waals surface area contributed by atoms with E-state index in [4.69, 9.17) is 5.53 Å². The van der Waals surface area contributed by atoms with Crippen molar-refractivity contribution in [2.75, 3.05) is 0 Å². The summed E-state index contributed by atoms with van der Waals surface area (Å²) in [5.41, 5.74) is 9.35. The summed E-state index contributed by atoms with van der Waals surface area (Å²) < 4.78 is 38.3. The Labute approximate surface area is 130 Å². The Morgan fingerprint density at radius 1 is 1.17 bits per heavy atom. The summed E-state index contributed by atoms with van der Waals surface area (Å²) in [7, 11) is 0. The molecule has 1 aliphatic rings. The minimum atomic E-state index is -4.40. The molecule has 0 fully saturated rings. The lowest BCUT2D eigenvalue weighted by atomic mass is 9.76. The second kappa shape index (κ2) is 5.59. The number of nitrogens with zero attached hydrogens (tertiary/aromatic N) is 4. The number of aryl methyl sites for hydroxylation is 1.